The summed E-state index contributed by atoms with van der Waals surface area (Å²) in [5.41, 5.74) is 0.168. The molecular weight excluding hydrogens is 243 g/mol. The molecular formula is C13H20F3NO. The van der Waals surface area contributed by atoms with Crippen LogP contribution in [0, 0.1) is 11.3 Å². The molecule has 1 aliphatic heterocycles. The maximum atomic E-state index is 12.4. The summed E-state index contributed by atoms with van der Waals surface area (Å²) in [7, 11) is 0. The molecule has 3 fully saturated rings. The van der Waals surface area contributed by atoms with E-state index in [1.165, 1.54) is 6.42 Å². The van der Waals surface area contributed by atoms with Gasteiger partial charge in [-0.1, -0.05) is 6.42 Å². The van der Waals surface area contributed by atoms with Crippen molar-refractivity contribution in [2.75, 3.05) is 6.61 Å². The number of ether oxygens (including phenoxy) is 1. The maximum Gasteiger partial charge on any atom is 0.390 e. The molecule has 1 heterocycles. The number of nitrogens with one attached hydrogen (secondary N) is 1. The fourth-order valence-electron chi connectivity index (χ4n) is 4.21. The molecule has 2 nitrogen and oxygen atoms in total. The zero-order valence-electron chi connectivity index (χ0n) is 10.6. The third-order valence-electron chi connectivity index (χ3n) is 5.04. The molecule has 1 N–H and O–H groups in total. The summed E-state index contributed by atoms with van der Waals surface area (Å²) in [5.74, 6) is 0.445. The van der Waals surface area contributed by atoms with Crippen LogP contribution < -0.4 is 5.32 Å². The Morgan fingerprint density at radius 1 is 1.39 bits per heavy atom. The SMILES string of the molecule is C[C@H](CC(F)(F)F)N[C@@H]1[C@@H]2CCO[C@H]2C12CCC2. The molecule has 104 valence electrons. The standard InChI is InChI=1S/C13H20F3NO/c1-8(7-13(14,15)16)17-10-9-3-6-18-11(9)12(10)4-2-5-12/h8-11,17H,2-7H2,1H3/t8-,9+,10-,11-/m1/s1. The van der Waals surface area contributed by atoms with Crippen molar-refractivity contribution >= 4 is 0 Å². The van der Waals surface area contributed by atoms with Crippen LogP contribution in [-0.2, 0) is 4.74 Å². The van der Waals surface area contributed by atoms with Crippen molar-refractivity contribution in [2.24, 2.45) is 11.3 Å². The lowest BCUT2D eigenvalue weighted by Crippen LogP contribution is -2.72. The van der Waals surface area contributed by atoms with E-state index in [9.17, 15) is 13.2 Å². The van der Waals surface area contributed by atoms with Gasteiger partial charge in [-0.25, -0.2) is 0 Å². The Bertz CT molecular complexity index is 327. The van der Waals surface area contributed by atoms with Crippen LogP contribution in [-0.4, -0.2) is 31.0 Å². The first-order valence-corrected chi connectivity index (χ1v) is 6.87. The van der Waals surface area contributed by atoms with Gasteiger partial charge in [0.2, 0.25) is 0 Å². The van der Waals surface area contributed by atoms with E-state index in [0.29, 0.717) is 12.0 Å². The average Bonchev–Trinajstić information content (AvgIpc) is 2.54. The van der Waals surface area contributed by atoms with Gasteiger partial charge in [-0.3, -0.25) is 0 Å². The highest BCUT2D eigenvalue weighted by Gasteiger charge is 2.66. The number of rotatable bonds is 3. The molecule has 3 aliphatic rings. The molecule has 1 spiro atoms. The van der Waals surface area contributed by atoms with Crippen LogP contribution in [0.3, 0.4) is 0 Å². The van der Waals surface area contributed by atoms with Crippen LogP contribution in [0.1, 0.15) is 39.0 Å². The van der Waals surface area contributed by atoms with E-state index < -0.39 is 18.6 Å². The summed E-state index contributed by atoms with van der Waals surface area (Å²) in [4.78, 5) is 0. The molecule has 2 saturated carbocycles. The lowest BCUT2D eigenvalue weighted by molar-refractivity contribution is -0.183. The van der Waals surface area contributed by atoms with Crippen LogP contribution in [0.25, 0.3) is 0 Å². The van der Waals surface area contributed by atoms with Crippen molar-refractivity contribution in [2.45, 2.75) is 63.4 Å². The largest absolute Gasteiger partial charge is 0.390 e. The second kappa shape index (κ2) is 4.10. The van der Waals surface area contributed by atoms with Gasteiger partial charge in [-0.05, 0) is 26.2 Å². The first-order chi connectivity index (χ1) is 8.42. The van der Waals surface area contributed by atoms with Gasteiger partial charge in [0.15, 0.2) is 0 Å². The predicted octanol–water partition coefficient (Wildman–Crippen LogP) is 2.87. The second-order valence-corrected chi connectivity index (χ2v) is 6.20. The number of fused-ring (bicyclic) bond motifs is 2. The van der Waals surface area contributed by atoms with E-state index in [1.54, 1.807) is 6.92 Å². The van der Waals surface area contributed by atoms with Crippen LogP contribution in [0.2, 0.25) is 0 Å². The predicted molar refractivity (Wildman–Crippen MR) is 61.2 cm³/mol. The van der Waals surface area contributed by atoms with Crippen molar-refractivity contribution in [3.8, 4) is 0 Å². The minimum atomic E-state index is -4.07. The maximum absolute atomic E-state index is 12.4. The average molecular weight is 263 g/mol. The van der Waals surface area contributed by atoms with Gasteiger partial charge in [-0.2, -0.15) is 13.2 Å². The Hall–Kier alpha value is -0.290. The van der Waals surface area contributed by atoms with E-state index in [-0.39, 0.29) is 11.5 Å². The first-order valence-electron chi connectivity index (χ1n) is 6.87. The van der Waals surface area contributed by atoms with E-state index in [4.69, 9.17) is 4.74 Å². The van der Waals surface area contributed by atoms with Gasteiger partial charge in [0, 0.05) is 30.0 Å². The Kier molecular flexibility index (Phi) is 2.90. The number of alkyl halides is 3. The molecule has 5 heteroatoms. The minimum absolute atomic E-state index is 0.168. The van der Waals surface area contributed by atoms with E-state index in [1.807, 2.05) is 0 Å². The van der Waals surface area contributed by atoms with E-state index in [2.05, 4.69) is 5.32 Å². The van der Waals surface area contributed by atoms with E-state index >= 15 is 0 Å². The van der Waals surface area contributed by atoms with Crippen molar-refractivity contribution in [3.63, 3.8) is 0 Å². The highest BCUT2D eigenvalue weighted by atomic mass is 19.4. The lowest BCUT2D eigenvalue weighted by Gasteiger charge is -2.64. The normalized spacial score (nSPS) is 39.0. The smallest absolute Gasteiger partial charge is 0.377 e. The zero-order valence-corrected chi connectivity index (χ0v) is 10.6. The molecule has 0 aromatic heterocycles. The number of hydrogen-bond acceptors (Lipinski definition) is 2. The zero-order chi connectivity index (χ0) is 13.0. The Morgan fingerprint density at radius 3 is 2.67 bits per heavy atom. The third kappa shape index (κ3) is 1.86. The van der Waals surface area contributed by atoms with Gasteiger partial charge >= 0.3 is 6.18 Å². The summed E-state index contributed by atoms with van der Waals surface area (Å²) in [6, 6.07) is -0.245. The molecule has 0 aromatic rings. The topological polar surface area (TPSA) is 21.3 Å². The highest BCUT2D eigenvalue weighted by molar-refractivity contribution is 5.18. The van der Waals surface area contributed by atoms with Crippen molar-refractivity contribution in [1.82, 2.24) is 5.32 Å². The monoisotopic (exact) mass is 263 g/mol. The summed E-state index contributed by atoms with van der Waals surface area (Å²) in [5, 5.41) is 3.24. The molecule has 0 unspecified atom stereocenters. The summed E-state index contributed by atoms with van der Waals surface area (Å²) < 4.78 is 42.9. The van der Waals surface area contributed by atoms with Gasteiger partial charge in [0.25, 0.3) is 0 Å². The van der Waals surface area contributed by atoms with Gasteiger partial charge in [0.05, 0.1) is 12.5 Å². The molecule has 18 heavy (non-hydrogen) atoms. The van der Waals surface area contributed by atoms with E-state index in [0.717, 1.165) is 25.9 Å². The van der Waals surface area contributed by atoms with Crippen molar-refractivity contribution in [3.05, 3.63) is 0 Å². The fourth-order valence-corrected chi connectivity index (χ4v) is 4.21. The van der Waals surface area contributed by atoms with Crippen LogP contribution >= 0.6 is 0 Å². The first kappa shape index (κ1) is 12.7. The fraction of sp³-hybridized carbons (Fsp3) is 1.00. The quantitative estimate of drug-likeness (QED) is 0.845. The van der Waals surface area contributed by atoms with Gasteiger partial charge < -0.3 is 10.1 Å². The molecule has 0 bridgehead atoms. The Labute approximate surface area is 105 Å². The molecule has 3 rings (SSSR count). The molecule has 0 radical (unpaired) electrons. The Morgan fingerprint density at radius 2 is 2.11 bits per heavy atom. The summed E-state index contributed by atoms with van der Waals surface area (Å²) in [6.07, 6.45) is -0.0650. The van der Waals surface area contributed by atoms with Crippen LogP contribution in [0.4, 0.5) is 13.2 Å². The third-order valence-corrected chi connectivity index (χ3v) is 5.04. The number of hydrogen-bond donors (Lipinski definition) is 1. The van der Waals surface area contributed by atoms with Gasteiger partial charge in [0.1, 0.15) is 0 Å². The molecule has 0 aromatic carbocycles. The molecule has 1 saturated heterocycles. The van der Waals surface area contributed by atoms with Crippen molar-refractivity contribution in [1.29, 1.82) is 0 Å². The van der Waals surface area contributed by atoms with Gasteiger partial charge in [-0.15, -0.1) is 0 Å². The van der Waals surface area contributed by atoms with Crippen LogP contribution in [0.5, 0.6) is 0 Å². The Balaban J connectivity index is 1.62. The summed E-state index contributed by atoms with van der Waals surface area (Å²) in [6.45, 7) is 2.42. The molecule has 4 atom stereocenters. The highest BCUT2D eigenvalue weighted by Crippen LogP contribution is 2.62. The molecule has 0 amide bonds. The second-order valence-electron chi connectivity index (χ2n) is 6.20. The summed E-state index contributed by atoms with van der Waals surface area (Å²) >= 11 is 0. The van der Waals surface area contributed by atoms with Crippen LogP contribution in [0.15, 0.2) is 0 Å². The number of halogens is 3. The minimum Gasteiger partial charge on any atom is -0.377 e. The van der Waals surface area contributed by atoms with Crippen molar-refractivity contribution < 1.29 is 17.9 Å². The lowest BCUT2D eigenvalue weighted by atomic mass is 9.46. The molecule has 2 aliphatic carbocycles.